The molecule has 1 rings (SSSR count). The molecular formula is C13H19NO2. The van der Waals surface area contributed by atoms with Gasteiger partial charge in [0.1, 0.15) is 5.60 Å². The second-order valence-electron chi connectivity index (χ2n) is 4.40. The molecule has 1 aromatic rings. The third-order valence-corrected chi connectivity index (χ3v) is 2.47. The Bertz CT molecular complexity index is 341. The van der Waals surface area contributed by atoms with Gasteiger partial charge in [-0.3, -0.25) is 4.79 Å². The van der Waals surface area contributed by atoms with Crippen LogP contribution in [0.2, 0.25) is 0 Å². The molecule has 0 fully saturated rings. The van der Waals surface area contributed by atoms with Gasteiger partial charge >= 0.3 is 0 Å². The van der Waals surface area contributed by atoms with E-state index in [4.69, 9.17) is 0 Å². The van der Waals surface area contributed by atoms with E-state index < -0.39 is 5.60 Å². The number of hydrogen-bond acceptors (Lipinski definition) is 2. The van der Waals surface area contributed by atoms with Gasteiger partial charge in [-0.1, -0.05) is 37.3 Å². The summed E-state index contributed by atoms with van der Waals surface area (Å²) in [6, 6.07) is 9.72. The Hall–Kier alpha value is -1.35. The van der Waals surface area contributed by atoms with Crippen LogP contribution in [0.1, 0.15) is 38.8 Å². The number of carbonyl (C=O) groups excluding carboxylic acids is 1. The molecule has 1 atom stereocenters. The predicted molar refractivity (Wildman–Crippen MR) is 63.9 cm³/mol. The fourth-order valence-electron chi connectivity index (χ4n) is 1.44. The highest BCUT2D eigenvalue weighted by Gasteiger charge is 2.25. The van der Waals surface area contributed by atoms with E-state index >= 15 is 0 Å². The average Bonchev–Trinajstić information content (AvgIpc) is 2.25. The molecular weight excluding hydrogens is 202 g/mol. The van der Waals surface area contributed by atoms with E-state index in [0.717, 1.165) is 12.0 Å². The van der Waals surface area contributed by atoms with Gasteiger partial charge in [0.25, 0.3) is 5.91 Å². The second-order valence-corrected chi connectivity index (χ2v) is 4.40. The van der Waals surface area contributed by atoms with Crippen LogP contribution in [0.15, 0.2) is 30.3 Å². The van der Waals surface area contributed by atoms with Gasteiger partial charge in [-0.15, -0.1) is 0 Å². The van der Waals surface area contributed by atoms with Crippen LogP contribution in [-0.4, -0.2) is 16.6 Å². The molecule has 0 aromatic heterocycles. The van der Waals surface area contributed by atoms with Crippen LogP contribution < -0.4 is 5.32 Å². The molecule has 1 amide bonds. The standard InChI is InChI=1S/C13H19NO2/c1-4-11(10-8-6-5-7-9-10)14-12(15)13(2,3)16/h5-9,11,16H,4H2,1-3H3,(H,14,15). The third-order valence-electron chi connectivity index (χ3n) is 2.47. The van der Waals surface area contributed by atoms with Crippen molar-refractivity contribution in [2.45, 2.75) is 38.8 Å². The van der Waals surface area contributed by atoms with Crippen LogP contribution in [0.3, 0.4) is 0 Å². The molecule has 0 aliphatic rings. The van der Waals surface area contributed by atoms with Crippen LogP contribution in [0.4, 0.5) is 0 Å². The average molecular weight is 221 g/mol. The molecule has 16 heavy (non-hydrogen) atoms. The molecule has 1 unspecified atom stereocenters. The third kappa shape index (κ3) is 3.35. The van der Waals surface area contributed by atoms with Gasteiger partial charge in [0.05, 0.1) is 6.04 Å². The fraction of sp³-hybridized carbons (Fsp3) is 0.462. The lowest BCUT2D eigenvalue weighted by Gasteiger charge is -2.23. The van der Waals surface area contributed by atoms with E-state index in [1.165, 1.54) is 13.8 Å². The van der Waals surface area contributed by atoms with E-state index in [2.05, 4.69) is 5.32 Å². The first-order valence-electron chi connectivity index (χ1n) is 5.53. The number of benzene rings is 1. The summed E-state index contributed by atoms with van der Waals surface area (Å²) in [4.78, 5) is 11.6. The summed E-state index contributed by atoms with van der Waals surface area (Å²) in [5.41, 5.74) is -0.273. The predicted octanol–water partition coefficient (Wildman–Crippen LogP) is 2.02. The zero-order valence-corrected chi connectivity index (χ0v) is 10.0. The lowest BCUT2D eigenvalue weighted by atomic mass is 10.0. The number of carbonyl (C=O) groups is 1. The number of amides is 1. The molecule has 0 aliphatic heterocycles. The highest BCUT2D eigenvalue weighted by atomic mass is 16.3. The van der Waals surface area contributed by atoms with E-state index in [1.54, 1.807) is 0 Å². The Morgan fingerprint density at radius 1 is 1.38 bits per heavy atom. The van der Waals surface area contributed by atoms with Crippen molar-refractivity contribution in [2.75, 3.05) is 0 Å². The van der Waals surface area contributed by atoms with Crippen molar-refractivity contribution in [1.82, 2.24) is 5.32 Å². The summed E-state index contributed by atoms with van der Waals surface area (Å²) in [6.07, 6.45) is 0.797. The normalized spacial score (nSPS) is 13.2. The Morgan fingerprint density at radius 3 is 2.38 bits per heavy atom. The Labute approximate surface area is 96.5 Å². The summed E-state index contributed by atoms with van der Waals surface area (Å²) in [7, 11) is 0. The molecule has 1 aromatic carbocycles. The fourth-order valence-corrected chi connectivity index (χ4v) is 1.44. The zero-order chi connectivity index (χ0) is 12.2. The van der Waals surface area contributed by atoms with Crippen molar-refractivity contribution >= 4 is 5.91 Å². The highest BCUT2D eigenvalue weighted by molar-refractivity contribution is 5.84. The van der Waals surface area contributed by atoms with Crippen molar-refractivity contribution in [2.24, 2.45) is 0 Å². The summed E-state index contributed by atoms with van der Waals surface area (Å²) >= 11 is 0. The maximum absolute atomic E-state index is 11.6. The SMILES string of the molecule is CCC(NC(=O)C(C)(C)O)c1ccccc1. The van der Waals surface area contributed by atoms with Crippen LogP contribution in [0, 0.1) is 0 Å². The van der Waals surface area contributed by atoms with Gasteiger partial charge in [-0.05, 0) is 25.8 Å². The van der Waals surface area contributed by atoms with Crippen LogP contribution in [0.5, 0.6) is 0 Å². The maximum Gasteiger partial charge on any atom is 0.251 e. The number of nitrogens with one attached hydrogen (secondary N) is 1. The van der Waals surface area contributed by atoms with Crippen LogP contribution in [-0.2, 0) is 4.79 Å². The molecule has 2 N–H and O–H groups in total. The molecule has 0 saturated carbocycles. The Morgan fingerprint density at radius 2 is 1.94 bits per heavy atom. The van der Waals surface area contributed by atoms with Crippen molar-refractivity contribution in [3.63, 3.8) is 0 Å². The van der Waals surface area contributed by atoms with Gasteiger partial charge in [0, 0.05) is 0 Å². The summed E-state index contributed by atoms with van der Waals surface area (Å²) < 4.78 is 0. The zero-order valence-electron chi connectivity index (χ0n) is 10.0. The van der Waals surface area contributed by atoms with E-state index in [-0.39, 0.29) is 11.9 Å². The molecule has 0 radical (unpaired) electrons. The van der Waals surface area contributed by atoms with Crippen LogP contribution >= 0.6 is 0 Å². The van der Waals surface area contributed by atoms with Crippen molar-refractivity contribution in [3.8, 4) is 0 Å². The second kappa shape index (κ2) is 5.12. The molecule has 0 bridgehead atoms. The maximum atomic E-state index is 11.6. The van der Waals surface area contributed by atoms with Crippen LogP contribution in [0.25, 0.3) is 0 Å². The summed E-state index contributed by atoms with van der Waals surface area (Å²) in [6.45, 7) is 4.97. The topological polar surface area (TPSA) is 49.3 Å². The van der Waals surface area contributed by atoms with Crippen molar-refractivity contribution in [1.29, 1.82) is 0 Å². The summed E-state index contributed by atoms with van der Waals surface area (Å²) in [5.74, 6) is -0.344. The van der Waals surface area contributed by atoms with E-state index in [9.17, 15) is 9.90 Å². The lowest BCUT2D eigenvalue weighted by molar-refractivity contribution is -0.137. The molecule has 0 spiro atoms. The van der Waals surface area contributed by atoms with Crippen molar-refractivity contribution in [3.05, 3.63) is 35.9 Å². The minimum Gasteiger partial charge on any atom is -0.381 e. The number of hydrogen-bond donors (Lipinski definition) is 2. The number of rotatable bonds is 4. The first-order valence-corrected chi connectivity index (χ1v) is 5.53. The van der Waals surface area contributed by atoms with Gasteiger partial charge < -0.3 is 10.4 Å². The first kappa shape index (κ1) is 12.7. The van der Waals surface area contributed by atoms with Gasteiger partial charge in [-0.25, -0.2) is 0 Å². The monoisotopic (exact) mass is 221 g/mol. The molecule has 0 saturated heterocycles. The molecule has 3 heteroatoms. The van der Waals surface area contributed by atoms with Crippen molar-refractivity contribution < 1.29 is 9.90 Å². The molecule has 88 valence electrons. The van der Waals surface area contributed by atoms with Gasteiger partial charge in [0.2, 0.25) is 0 Å². The molecule has 3 nitrogen and oxygen atoms in total. The number of aliphatic hydroxyl groups is 1. The van der Waals surface area contributed by atoms with Gasteiger partial charge in [-0.2, -0.15) is 0 Å². The minimum absolute atomic E-state index is 0.0416. The quantitative estimate of drug-likeness (QED) is 0.817. The lowest BCUT2D eigenvalue weighted by Crippen LogP contribution is -2.43. The largest absolute Gasteiger partial charge is 0.381 e. The summed E-state index contributed by atoms with van der Waals surface area (Å²) in [5, 5.41) is 12.4. The molecule has 0 aliphatic carbocycles. The Balaban J connectivity index is 2.75. The smallest absolute Gasteiger partial charge is 0.251 e. The minimum atomic E-state index is -1.33. The van der Waals surface area contributed by atoms with E-state index in [0.29, 0.717) is 0 Å². The first-order chi connectivity index (χ1) is 7.45. The van der Waals surface area contributed by atoms with E-state index in [1.807, 2.05) is 37.3 Å². The Kier molecular flexibility index (Phi) is 4.07. The molecule has 0 heterocycles. The highest BCUT2D eigenvalue weighted by Crippen LogP contribution is 2.17. The van der Waals surface area contributed by atoms with Gasteiger partial charge in [0.15, 0.2) is 0 Å².